The van der Waals surface area contributed by atoms with Gasteiger partial charge in [-0.25, -0.2) is 0 Å². The third kappa shape index (κ3) is 43.2. The average molecular weight is 1100 g/mol. The molecule has 1 heterocycles. The van der Waals surface area contributed by atoms with Crippen LogP contribution in [0, 0.1) is 0 Å². The van der Waals surface area contributed by atoms with Crippen LogP contribution in [-0.2, 0) is 14.3 Å². The van der Waals surface area contributed by atoms with Crippen LogP contribution in [0.1, 0.15) is 335 Å². The molecular weight excluding hydrogens is 967 g/mol. The lowest BCUT2D eigenvalue weighted by atomic mass is 9.98. The van der Waals surface area contributed by atoms with E-state index >= 15 is 0 Å². The van der Waals surface area contributed by atoms with Crippen molar-refractivity contribution >= 4 is 5.91 Å². The highest BCUT2D eigenvalue weighted by atomic mass is 16.7. The van der Waals surface area contributed by atoms with Gasteiger partial charge >= 0.3 is 0 Å². The number of unbranched alkanes of at least 4 members (excludes halogenated alkanes) is 45. The van der Waals surface area contributed by atoms with E-state index in [0.29, 0.717) is 19.3 Å². The zero-order valence-electron chi connectivity index (χ0n) is 50.5. The molecule has 0 bridgehead atoms. The summed E-state index contributed by atoms with van der Waals surface area (Å²) in [4.78, 5) is 13.2. The van der Waals surface area contributed by atoms with Crippen LogP contribution in [0.3, 0.4) is 0 Å². The highest BCUT2D eigenvalue weighted by Crippen LogP contribution is 2.24. The van der Waals surface area contributed by atoms with Crippen molar-refractivity contribution in [3.8, 4) is 0 Å². The number of aliphatic hydroxyl groups is 7. The number of ether oxygens (including phenoxy) is 2. The van der Waals surface area contributed by atoms with Crippen LogP contribution in [-0.4, -0.2) is 110 Å². The molecule has 1 fully saturated rings. The molecule has 9 atom stereocenters. The fourth-order valence-corrected chi connectivity index (χ4v) is 11.1. The van der Waals surface area contributed by atoms with Crippen molar-refractivity contribution in [2.45, 2.75) is 390 Å². The number of nitrogens with one attached hydrogen (secondary N) is 1. The molecule has 0 aromatic rings. The van der Waals surface area contributed by atoms with Gasteiger partial charge in [-0.3, -0.25) is 4.79 Å². The Morgan fingerprint density at radius 1 is 0.442 bits per heavy atom. The van der Waals surface area contributed by atoms with Crippen molar-refractivity contribution in [2.75, 3.05) is 13.2 Å². The van der Waals surface area contributed by atoms with Gasteiger partial charge in [0, 0.05) is 0 Å². The Bertz CT molecular complexity index is 1260. The lowest BCUT2D eigenvalue weighted by Gasteiger charge is -2.40. The molecule has 11 heteroatoms. The molecule has 11 nitrogen and oxygen atoms in total. The standard InChI is InChI=1S/C66H129NO10/c1-3-5-7-9-11-13-15-17-19-21-23-25-26-27-28-29-30-31-32-33-34-36-37-39-41-43-45-47-49-51-53-58(69)61(71)57(56-76-66-64(74)63(73)62(72)60(55-68)77-66)67-65(75)59(70)54-52-50-48-46-44-42-40-38-35-24-22-20-18-16-14-12-10-8-6-4-2/h35,38,57-64,66,68-74H,3-34,36-37,39-56H2,1-2H3,(H,67,75)/b38-35-. The Balaban J connectivity index is 2.21. The van der Waals surface area contributed by atoms with Gasteiger partial charge in [-0.05, 0) is 38.5 Å². The molecule has 1 rings (SSSR count). The Kier molecular flexibility index (Phi) is 53.1. The zero-order valence-corrected chi connectivity index (χ0v) is 50.5. The van der Waals surface area contributed by atoms with Gasteiger partial charge in [-0.2, -0.15) is 0 Å². The normalized spacial score (nSPS) is 19.5. The maximum atomic E-state index is 13.2. The molecule has 0 aliphatic carbocycles. The Labute approximate surface area is 474 Å². The van der Waals surface area contributed by atoms with E-state index in [0.717, 1.165) is 51.4 Å². The maximum absolute atomic E-state index is 13.2. The molecule has 77 heavy (non-hydrogen) atoms. The van der Waals surface area contributed by atoms with Gasteiger partial charge in [-0.15, -0.1) is 0 Å². The topological polar surface area (TPSA) is 189 Å². The summed E-state index contributed by atoms with van der Waals surface area (Å²) in [6.45, 7) is 3.51. The zero-order chi connectivity index (χ0) is 56.1. The van der Waals surface area contributed by atoms with Crippen LogP contribution in [0.5, 0.6) is 0 Å². The van der Waals surface area contributed by atoms with E-state index in [1.54, 1.807) is 0 Å². The monoisotopic (exact) mass is 1100 g/mol. The fourth-order valence-electron chi connectivity index (χ4n) is 11.1. The number of amides is 1. The summed E-state index contributed by atoms with van der Waals surface area (Å²) in [5.41, 5.74) is 0. The van der Waals surface area contributed by atoms with Gasteiger partial charge in [0.15, 0.2) is 6.29 Å². The number of carbonyl (C=O) groups is 1. The number of carbonyl (C=O) groups excluding carboxylic acids is 1. The average Bonchev–Trinajstić information content (AvgIpc) is 3.43. The summed E-state index contributed by atoms with van der Waals surface area (Å²) in [7, 11) is 0. The van der Waals surface area contributed by atoms with E-state index in [1.807, 2.05) is 0 Å². The van der Waals surface area contributed by atoms with E-state index in [-0.39, 0.29) is 6.42 Å². The van der Waals surface area contributed by atoms with Crippen molar-refractivity contribution in [3.63, 3.8) is 0 Å². The molecule has 1 amide bonds. The van der Waals surface area contributed by atoms with Crippen molar-refractivity contribution < 1.29 is 50.0 Å². The van der Waals surface area contributed by atoms with Crippen molar-refractivity contribution in [1.29, 1.82) is 0 Å². The van der Waals surface area contributed by atoms with Crippen LogP contribution in [0.25, 0.3) is 0 Å². The molecule has 0 aromatic heterocycles. The molecule has 9 unspecified atom stereocenters. The predicted molar refractivity (Wildman–Crippen MR) is 321 cm³/mol. The first-order chi connectivity index (χ1) is 37.7. The largest absolute Gasteiger partial charge is 0.394 e. The summed E-state index contributed by atoms with van der Waals surface area (Å²) in [5.74, 6) is -0.695. The fraction of sp³-hybridized carbons (Fsp3) is 0.955. The van der Waals surface area contributed by atoms with Gasteiger partial charge in [0.25, 0.3) is 0 Å². The minimum atomic E-state index is -1.66. The van der Waals surface area contributed by atoms with Crippen molar-refractivity contribution in [2.24, 2.45) is 0 Å². The summed E-state index contributed by atoms with van der Waals surface area (Å²) in [6, 6.07) is -1.17. The predicted octanol–water partition coefficient (Wildman–Crippen LogP) is 15.5. The van der Waals surface area contributed by atoms with E-state index in [4.69, 9.17) is 9.47 Å². The van der Waals surface area contributed by atoms with Crippen LogP contribution < -0.4 is 5.32 Å². The second-order valence-corrected chi connectivity index (χ2v) is 23.9. The molecule has 0 spiro atoms. The highest BCUT2D eigenvalue weighted by Gasteiger charge is 2.44. The minimum absolute atomic E-state index is 0.256. The van der Waals surface area contributed by atoms with E-state index in [1.165, 1.54) is 244 Å². The lowest BCUT2D eigenvalue weighted by Crippen LogP contribution is -2.60. The number of rotatable bonds is 59. The Morgan fingerprint density at radius 2 is 0.753 bits per heavy atom. The molecular formula is C66H129NO10. The SMILES string of the molecule is CCCCCCCCCCCC/C=C\CCCCCCCCC(O)C(=O)NC(COC1OC(CO)C(O)C(O)C1O)C(O)C(O)CCCCCCCCCCCCCCCCCCCCCCCCCCCCCCCC. The first-order valence-corrected chi connectivity index (χ1v) is 33.6. The van der Waals surface area contributed by atoms with Crippen LogP contribution >= 0.6 is 0 Å². The first-order valence-electron chi connectivity index (χ1n) is 33.6. The number of allylic oxidation sites excluding steroid dienone is 2. The molecule has 458 valence electrons. The van der Waals surface area contributed by atoms with Crippen molar-refractivity contribution in [1.82, 2.24) is 5.32 Å². The van der Waals surface area contributed by atoms with E-state index in [9.17, 15) is 40.5 Å². The van der Waals surface area contributed by atoms with Crippen molar-refractivity contribution in [3.05, 3.63) is 12.2 Å². The lowest BCUT2D eigenvalue weighted by molar-refractivity contribution is -0.303. The smallest absolute Gasteiger partial charge is 0.249 e. The molecule has 0 aromatic carbocycles. The van der Waals surface area contributed by atoms with Crippen LogP contribution in [0.4, 0.5) is 0 Å². The third-order valence-electron chi connectivity index (χ3n) is 16.6. The second-order valence-electron chi connectivity index (χ2n) is 23.9. The Morgan fingerprint density at radius 3 is 1.09 bits per heavy atom. The summed E-state index contributed by atoms with van der Waals surface area (Å²) in [6.07, 6.45) is 55.7. The van der Waals surface area contributed by atoms with E-state index < -0.39 is 74.2 Å². The van der Waals surface area contributed by atoms with Gasteiger partial charge in [0.05, 0.1) is 25.4 Å². The van der Waals surface area contributed by atoms with Crippen LogP contribution in [0.2, 0.25) is 0 Å². The summed E-state index contributed by atoms with van der Waals surface area (Å²) >= 11 is 0. The van der Waals surface area contributed by atoms with Gasteiger partial charge < -0.3 is 50.5 Å². The Hall–Kier alpha value is -1.15. The molecule has 0 saturated carbocycles. The number of hydrogen-bond donors (Lipinski definition) is 8. The molecule has 0 radical (unpaired) electrons. The minimum Gasteiger partial charge on any atom is -0.394 e. The first kappa shape index (κ1) is 73.9. The van der Waals surface area contributed by atoms with Crippen LogP contribution in [0.15, 0.2) is 12.2 Å². The quantitative estimate of drug-likeness (QED) is 0.0215. The third-order valence-corrected chi connectivity index (χ3v) is 16.6. The summed E-state index contributed by atoms with van der Waals surface area (Å²) < 4.78 is 11.2. The van der Waals surface area contributed by atoms with Gasteiger partial charge in [0.1, 0.15) is 36.6 Å². The number of aliphatic hydroxyl groups excluding tert-OH is 7. The maximum Gasteiger partial charge on any atom is 0.249 e. The molecule has 1 aliphatic heterocycles. The number of hydrogen-bond acceptors (Lipinski definition) is 10. The van der Waals surface area contributed by atoms with Gasteiger partial charge in [0.2, 0.25) is 5.91 Å². The molecule has 8 N–H and O–H groups in total. The summed E-state index contributed by atoms with van der Waals surface area (Å²) in [5, 5.41) is 76.4. The second kappa shape index (κ2) is 55.4. The molecule has 1 saturated heterocycles. The van der Waals surface area contributed by atoms with Gasteiger partial charge in [-0.1, -0.05) is 309 Å². The van der Waals surface area contributed by atoms with E-state index in [2.05, 4.69) is 31.3 Å². The highest BCUT2D eigenvalue weighted by molar-refractivity contribution is 5.80. The molecule has 1 aliphatic rings.